The molecule has 1 N–H and O–H groups in total. The van der Waals surface area contributed by atoms with Crippen LogP contribution in [0.3, 0.4) is 0 Å². The topological polar surface area (TPSA) is 20.2 Å². The Labute approximate surface area is 83.7 Å². The first-order valence-corrected chi connectivity index (χ1v) is 4.61. The lowest BCUT2D eigenvalue weighted by Crippen LogP contribution is -1.90. The van der Waals surface area contributed by atoms with E-state index >= 15 is 0 Å². The fraction of sp³-hybridized carbons (Fsp3) is 0.0769. The molecule has 0 bridgehead atoms. The summed E-state index contributed by atoms with van der Waals surface area (Å²) in [5, 5.41) is 9.68. The van der Waals surface area contributed by atoms with E-state index in [-0.39, 0.29) is 0 Å². The monoisotopic (exact) mass is 184 g/mol. The van der Waals surface area contributed by atoms with Gasteiger partial charge in [0.1, 0.15) is 0 Å². The van der Waals surface area contributed by atoms with Crippen molar-refractivity contribution in [1.82, 2.24) is 0 Å². The van der Waals surface area contributed by atoms with Gasteiger partial charge in [-0.15, -0.1) is 6.58 Å². The van der Waals surface area contributed by atoms with Crippen LogP contribution in [-0.4, -0.2) is 5.11 Å². The van der Waals surface area contributed by atoms with Crippen LogP contribution in [0.1, 0.15) is 11.7 Å². The molecule has 0 spiro atoms. The molecule has 1 nitrogen and oxygen atoms in total. The van der Waals surface area contributed by atoms with Gasteiger partial charge in [-0.05, 0) is 16.7 Å². The molecule has 1 heteroatoms. The summed E-state index contributed by atoms with van der Waals surface area (Å²) in [6.07, 6.45) is 0.969. The highest BCUT2D eigenvalue weighted by Crippen LogP contribution is 2.31. The van der Waals surface area contributed by atoms with Crippen molar-refractivity contribution in [3.05, 3.63) is 60.7 Å². The number of aliphatic hydroxyl groups is 1. The van der Waals surface area contributed by atoms with Crippen molar-refractivity contribution in [2.75, 3.05) is 0 Å². The number of fused-ring (bicyclic) bond motifs is 1. The molecule has 70 valence electrons. The molecule has 0 aromatic heterocycles. The largest absolute Gasteiger partial charge is 0.384 e. The summed E-state index contributed by atoms with van der Waals surface area (Å²) < 4.78 is 0. The van der Waals surface area contributed by atoms with Crippen LogP contribution in [0.4, 0.5) is 0 Å². The van der Waals surface area contributed by atoms with Crippen LogP contribution in [0, 0.1) is 0 Å². The smallest absolute Gasteiger partial charge is 0.0975 e. The SMILES string of the molecule is C=CC(O)c1ccc2cccccc1-2. The molecular weight excluding hydrogens is 172 g/mol. The van der Waals surface area contributed by atoms with Gasteiger partial charge in [-0.1, -0.05) is 48.5 Å². The molecule has 0 heterocycles. The second-order valence-electron chi connectivity index (χ2n) is 3.25. The van der Waals surface area contributed by atoms with Crippen LogP contribution in [0.2, 0.25) is 0 Å². The Morgan fingerprint density at radius 2 is 1.86 bits per heavy atom. The summed E-state index contributed by atoms with van der Waals surface area (Å²) in [5.41, 5.74) is 3.15. The number of hydrogen-bond donors (Lipinski definition) is 1. The molecule has 0 radical (unpaired) electrons. The third kappa shape index (κ3) is 1.42. The Balaban J connectivity index is 2.57. The lowest BCUT2D eigenvalue weighted by molar-refractivity contribution is 0.230. The van der Waals surface area contributed by atoms with E-state index < -0.39 is 6.10 Å². The second kappa shape index (κ2) is 3.64. The first-order valence-electron chi connectivity index (χ1n) is 4.61. The summed E-state index contributed by atoms with van der Waals surface area (Å²) in [5.74, 6) is 0. The van der Waals surface area contributed by atoms with Crippen molar-refractivity contribution in [3.63, 3.8) is 0 Å². The Morgan fingerprint density at radius 1 is 1.07 bits per heavy atom. The van der Waals surface area contributed by atoms with Crippen LogP contribution in [-0.2, 0) is 0 Å². The van der Waals surface area contributed by atoms with Crippen LogP contribution in [0.15, 0.2) is 55.1 Å². The van der Waals surface area contributed by atoms with Crippen molar-refractivity contribution >= 4 is 0 Å². The van der Waals surface area contributed by atoms with E-state index in [0.717, 1.165) is 16.7 Å². The maximum atomic E-state index is 9.68. The van der Waals surface area contributed by atoms with E-state index in [4.69, 9.17) is 0 Å². The van der Waals surface area contributed by atoms with Crippen molar-refractivity contribution in [2.45, 2.75) is 6.10 Å². The lowest BCUT2D eigenvalue weighted by Gasteiger charge is -2.04. The first-order chi connectivity index (χ1) is 6.83. The molecule has 0 saturated carbocycles. The zero-order chi connectivity index (χ0) is 9.97. The fourth-order valence-corrected chi connectivity index (χ4v) is 1.62. The molecule has 0 saturated heterocycles. The molecule has 2 rings (SSSR count). The highest BCUT2D eigenvalue weighted by Gasteiger charge is 2.11. The second-order valence-corrected chi connectivity index (χ2v) is 3.25. The van der Waals surface area contributed by atoms with Gasteiger partial charge in [0, 0.05) is 0 Å². The minimum absolute atomic E-state index is 0.574. The van der Waals surface area contributed by atoms with Crippen LogP contribution < -0.4 is 0 Å². The highest BCUT2D eigenvalue weighted by atomic mass is 16.3. The Kier molecular flexibility index (Phi) is 2.33. The van der Waals surface area contributed by atoms with Crippen molar-refractivity contribution in [2.24, 2.45) is 0 Å². The Hall–Kier alpha value is -1.60. The highest BCUT2D eigenvalue weighted by molar-refractivity contribution is 5.71. The van der Waals surface area contributed by atoms with Crippen LogP contribution >= 0.6 is 0 Å². The van der Waals surface area contributed by atoms with Gasteiger partial charge < -0.3 is 5.11 Å². The lowest BCUT2D eigenvalue weighted by atomic mass is 10.1. The van der Waals surface area contributed by atoms with Gasteiger partial charge in [-0.3, -0.25) is 0 Å². The van der Waals surface area contributed by atoms with Gasteiger partial charge in [0.2, 0.25) is 0 Å². The molecule has 0 aromatic rings. The van der Waals surface area contributed by atoms with Gasteiger partial charge in [0.25, 0.3) is 0 Å². The molecule has 0 aromatic carbocycles. The average Bonchev–Trinajstić information content (AvgIpc) is 2.46. The maximum Gasteiger partial charge on any atom is 0.0975 e. The molecule has 1 unspecified atom stereocenters. The molecule has 14 heavy (non-hydrogen) atoms. The average molecular weight is 184 g/mol. The molecule has 1 atom stereocenters. The predicted molar refractivity (Wildman–Crippen MR) is 58.2 cm³/mol. The molecule has 0 amide bonds. The summed E-state index contributed by atoms with van der Waals surface area (Å²) >= 11 is 0. The normalized spacial score (nSPS) is 12.6. The summed E-state index contributed by atoms with van der Waals surface area (Å²) in [7, 11) is 0. The van der Waals surface area contributed by atoms with Gasteiger partial charge in [-0.2, -0.15) is 0 Å². The van der Waals surface area contributed by atoms with E-state index in [1.54, 1.807) is 6.08 Å². The van der Waals surface area contributed by atoms with Gasteiger partial charge in [0.15, 0.2) is 0 Å². The van der Waals surface area contributed by atoms with E-state index in [1.165, 1.54) is 0 Å². The van der Waals surface area contributed by atoms with Crippen LogP contribution in [0.25, 0.3) is 11.1 Å². The maximum absolute atomic E-state index is 9.68. The molecule has 0 fully saturated rings. The minimum atomic E-state index is -0.574. The third-order valence-electron chi connectivity index (χ3n) is 2.37. The molecule has 2 aliphatic carbocycles. The summed E-state index contributed by atoms with van der Waals surface area (Å²) in [6.45, 7) is 3.59. The molecule has 2 aliphatic rings. The third-order valence-corrected chi connectivity index (χ3v) is 2.37. The van der Waals surface area contributed by atoms with E-state index in [0.29, 0.717) is 0 Å². The van der Waals surface area contributed by atoms with E-state index in [2.05, 4.69) is 6.58 Å². The van der Waals surface area contributed by atoms with Gasteiger partial charge >= 0.3 is 0 Å². The standard InChI is InChI=1S/C13H12O/c1-2-13(14)12-9-8-10-6-4-3-5-7-11(10)12/h2-9,13-14H,1H2. The number of rotatable bonds is 2. The number of aliphatic hydroxyl groups excluding tert-OH is 1. The van der Waals surface area contributed by atoms with Crippen molar-refractivity contribution in [3.8, 4) is 11.1 Å². The minimum Gasteiger partial charge on any atom is -0.384 e. The van der Waals surface area contributed by atoms with E-state index in [1.807, 2.05) is 42.5 Å². The molecular formula is C13H12O. The fourth-order valence-electron chi connectivity index (χ4n) is 1.62. The predicted octanol–water partition coefficient (Wildman–Crippen LogP) is 3.01. The zero-order valence-corrected chi connectivity index (χ0v) is 7.85. The van der Waals surface area contributed by atoms with Crippen molar-refractivity contribution < 1.29 is 5.11 Å². The first kappa shape index (κ1) is 8.97. The Bertz CT molecular complexity index is 420. The summed E-state index contributed by atoms with van der Waals surface area (Å²) in [6, 6.07) is 13.9. The number of hydrogen-bond acceptors (Lipinski definition) is 1. The quantitative estimate of drug-likeness (QED) is 0.711. The molecule has 0 aliphatic heterocycles. The van der Waals surface area contributed by atoms with E-state index in [9.17, 15) is 5.11 Å². The van der Waals surface area contributed by atoms with Crippen molar-refractivity contribution in [1.29, 1.82) is 0 Å². The van der Waals surface area contributed by atoms with Crippen LogP contribution in [0.5, 0.6) is 0 Å². The van der Waals surface area contributed by atoms with Gasteiger partial charge in [-0.25, -0.2) is 0 Å². The Morgan fingerprint density at radius 3 is 2.64 bits per heavy atom. The summed E-state index contributed by atoms with van der Waals surface area (Å²) in [4.78, 5) is 0. The zero-order valence-electron chi connectivity index (χ0n) is 7.85. The van der Waals surface area contributed by atoms with Gasteiger partial charge in [0.05, 0.1) is 6.10 Å².